The lowest BCUT2D eigenvalue weighted by atomic mass is 9.97. The van der Waals surface area contributed by atoms with Gasteiger partial charge in [0.15, 0.2) is 5.69 Å². The van der Waals surface area contributed by atoms with Crippen LogP contribution in [-0.4, -0.2) is 25.1 Å². The van der Waals surface area contributed by atoms with Crippen molar-refractivity contribution < 1.29 is 14.3 Å². The lowest BCUT2D eigenvalue weighted by molar-refractivity contribution is -0.118. The predicted octanol–water partition coefficient (Wildman–Crippen LogP) is 5.50. The van der Waals surface area contributed by atoms with Gasteiger partial charge >= 0.3 is 0 Å². The molecule has 5 aromatic rings. The second kappa shape index (κ2) is 9.36. The molecular formula is C27H22FN5O3S. The van der Waals surface area contributed by atoms with Gasteiger partial charge in [-0.1, -0.05) is 30.3 Å². The molecule has 1 aliphatic carbocycles. The van der Waals surface area contributed by atoms with E-state index in [1.54, 1.807) is 40.2 Å². The predicted molar refractivity (Wildman–Crippen MR) is 139 cm³/mol. The van der Waals surface area contributed by atoms with Crippen LogP contribution in [0, 0.1) is 5.82 Å². The summed E-state index contributed by atoms with van der Waals surface area (Å²) in [6.07, 6.45) is 5.34. The fourth-order valence-electron chi connectivity index (χ4n) is 4.88. The average Bonchev–Trinajstić information content (AvgIpc) is 3.41. The van der Waals surface area contributed by atoms with Crippen LogP contribution in [0.5, 0.6) is 5.88 Å². The molecule has 0 spiro atoms. The molecule has 8 nitrogen and oxygen atoms in total. The van der Waals surface area contributed by atoms with Crippen LogP contribution in [0.4, 0.5) is 10.1 Å². The largest absolute Gasteiger partial charge is 0.493 e. The van der Waals surface area contributed by atoms with Crippen molar-refractivity contribution in [1.82, 2.24) is 14.1 Å². The highest BCUT2D eigenvalue weighted by atomic mass is 32.1. The molecule has 37 heavy (non-hydrogen) atoms. The van der Waals surface area contributed by atoms with Gasteiger partial charge in [-0.25, -0.2) is 9.37 Å². The summed E-state index contributed by atoms with van der Waals surface area (Å²) in [6, 6.07) is 13.2. The Balaban J connectivity index is 1.29. The van der Waals surface area contributed by atoms with Gasteiger partial charge in [-0.2, -0.15) is 0 Å². The van der Waals surface area contributed by atoms with Crippen LogP contribution in [0.15, 0.2) is 69.9 Å². The van der Waals surface area contributed by atoms with Crippen LogP contribution in [0.2, 0.25) is 0 Å². The molecule has 1 amide bonds. The SMILES string of the molecule is O=C(Cn1cnc2sc3c(c2c1=O)CCCC3)N=Nc1c(O)n(Cc2ccc(F)cc2)c2ccccc12. The minimum atomic E-state index is -0.637. The van der Waals surface area contributed by atoms with Crippen molar-refractivity contribution in [3.63, 3.8) is 0 Å². The molecule has 0 saturated carbocycles. The third-order valence-electron chi connectivity index (χ3n) is 6.68. The Morgan fingerprint density at radius 1 is 1.11 bits per heavy atom. The third kappa shape index (κ3) is 4.23. The van der Waals surface area contributed by atoms with E-state index in [-0.39, 0.29) is 36.0 Å². The van der Waals surface area contributed by atoms with Crippen LogP contribution < -0.4 is 5.56 Å². The summed E-state index contributed by atoms with van der Waals surface area (Å²) in [4.78, 5) is 32.2. The van der Waals surface area contributed by atoms with Crippen LogP contribution >= 0.6 is 11.3 Å². The van der Waals surface area contributed by atoms with Gasteiger partial charge in [0.2, 0.25) is 5.88 Å². The van der Waals surface area contributed by atoms with Gasteiger partial charge in [0.05, 0.1) is 23.8 Å². The summed E-state index contributed by atoms with van der Waals surface area (Å²) in [6.45, 7) is -0.0208. The quantitative estimate of drug-likeness (QED) is 0.313. The highest BCUT2D eigenvalue weighted by Crippen LogP contribution is 2.39. The molecule has 3 heterocycles. The van der Waals surface area contributed by atoms with E-state index < -0.39 is 5.91 Å². The zero-order valence-corrected chi connectivity index (χ0v) is 20.5. The number of aromatic hydroxyl groups is 1. The van der Waals surface area contributed by atoms with Crippen LogP contribution in [0.25, 0.3) is 21.1 Å². The van der Waals surface area contributed by atoms with Gasteiger partial charge < -0.3 is 9.67 Å². The van der Waals surface area contributed by atoms with Crippen LogP contribution in [0.1, 0.15) is 28.8 Å². The Morgan fingerprint density at radius 2 is 1.89 bits per heavy atom. The molecule has 0 bridgehead atoms. The van der Waals surface area contributed by atoms with E-state index in [2.05, 4.69) is 15.2 Å². The number of aryl methyl sites for hydroxylation is 2. The summed E-state index contributed by atoms with van der Waals surface area (Å²) in [5.74, 6) is -1.14. The number of rotatable bonds is 5. The van der Waals surface area contributed by atoms with Crippen molar-refractivity contribution >= 4 is 44.1 Å². The first-order valence-corrected chi connectivity index (χ1v) is 12.8. The molecule has 10 heteroatoms. The van der Waals surface area contributed by atoms with E-state index in [0.29, 0.717) is 21.1 Å². The topological polar surface area (TPSA) is 102 Å². The zero-order valence-electron chi connectivity index (χ0n) is 19.7. The van der Waals surface area contributed by atoms with Crippen molar-refractivity contribution in [3.8, 4) is 5.88 Å². The number of para-hydroxylation sites is 1. The maximum atomic E-state index is 13.3. The first-order valence-electron chi connectivity index (χ1n) is 12.0. The summed E-state index contributed by atoms with van der Waals surface area (Å²) in [5, 5.41) is 20.0. The minimum Gasteiger partial charge on any atom is -0.493 e. The Hall–Kier alpha value is -4.18. The zero-order chi connectivity index (χ0) is 25.5. The lowest BCUT2D eigenvalue weighted by Gasteiger charge is -2.10. The van der Waals surface area contributed by atoms with Crippen molar-refractivity contribution in [2.75, 3.05) is 0 Å². The van der Waals surface area contributed by atoms with E-state index in [1.165, 1.54) is 27.9 Å². The number of hydrogen-bond donors (Lipinski definition) is 1. The number of carbonyl (C=O) groups is 1. The molecule has 186 valence electrons. The summed E-state index contributed by atoms with van der Waals surface area (Å²) in [5.41, 5.74) is 2.45. The van der Waals surface area contributed by atoms with Crippen LogP contribution in [0.3, 0.4) is 0 Å². The third-order valence-corrected chi connectivity index (χ3v) is 7.88. The maximum Gasteiger partial charge on any atom is 0.284 e. The Labute approximate surface area is 214 Å². The molecule has 0 aliphatic heterocycles. The highest BCUT2D eigenvalue weighted by Gasteiger charge is 2.21. The molecule has 0 radical (unpaired) electrons. The number of hydrogen-bond acceptors (Lipinski definition) is 6. The summed E-state index contributed by atoms with van der Waals surface area (Å²) in [7, 11) is 0. The Morgan fingerprint density at radius 3 is 2.73 bits per heavy atom. The molecule has 0 saturated heterocycles. The molecule has 1 N–H and O–H groups in total. The second-order valence-electron chi connectivity index (χ2n) is 9.06. The van der Waals surface area contributed by atoms with Gasteiger partial charge in [0.25, 0.3) is 11.5 Å². The average molecular weight is 516 g/mol. The maximum absolute atomic E-state index is 13.3. The molecule has 2 aromatic carbocycles. The lowest BCUT2D eigenvalue weighted by Crippen LogP contribution is -2.24. The summed E-state index contributed by atoms with van der Waals surface area (Å²) < 4.78 is 16.2. The Bertz CT molecular complexity index is 1750. The number of amides is 1. The number of nitrogens with zero attached hydrogens (tertiary/aromatic N) is 5. The number of azo groups is 1. The number of aromatic nitrogens is 3. The summed E-state index contributed by atoms with van der Waals surface area (Å²) >= 11 is 1.56. The molecule has 0 unspecified atom stereocenters. The molecular weight excluding hydrogens is 493 g/mol. The van der Waals surface area contributed by atoms with Crippen LogP contribution in [-0.2, 0) is 30.7 Å². The molecule has 6 rings (SSSR count). The number of thiophene rings is 1. The van der Waals surface area contributed by atoms with Gasteiger partial charge in [-0.15, -0.1) is 21.6 Å². The monoisotopic (exact) mass is 515 g/mol. The molecule has 0 atom stereocenters. The minimum absolute atomic E-state index is 0.152. The van der Waals surface area contributed by atoms with Gasteiger partial charge in [-0.05, 0) is 55.0 Å². The highest BCUT2D eigenvalue weighted by molar-refractivity contribution is 7.18. The number of benzene rings is 2. The molecule has 1 aliphatic rings. The first kappa shape index (κ1) is 23.2. The Kier molecular flexibility index (Phi) is 5.88. The van der Waals surface area contributed by atoms with Crippen molar-refractivity contribution in [2.24, 2.45) is 10.2 Å². The van der Waals surface area contributed by atoms with E-state index in [4.69, 9.17) is 0 Å². The van der Waals surface area contributed by atoms with E-state index in [9.17, 15) is 19.1 Å². The van der Waals surface area contributed by atoms with E-state index in [0.717, 1.165) is 36.8 Å². The smallest absolute Gasteiger partial charge is 0.284 e. The van der Waals surface area contributed by atoms with Crippen molar-refractivity contribution in [1.29, 1.82) is 0 Å². The molecule has 3 aromatic heterocycles. The fraction of sp³-hybridized carbons (Fsp3) is 0.222. The number of carbonyl (C=O) groups excluding carboxylic acids is 1. The van der Waals surface area contributed by atoms with E-state index >= 15 is 0 Å². The van der Waals surface area contributed by atoms with Gasteiger partial charge in [-0.3, -0.25) is 14.2 Å². The van der Waals surface area contributed by atoms with Crippen molar-refractivity contribution in [3.05, 3.63) is 87.0 Å². The standard InChI is InChI=1S/C27H22FN5O3S/c28-17-11-9-16(10-12-17)13-33-20-7-3-1-5-18(20)24(27(33)36)31-30-22(34)14-32-15-29-25-23(26(32)35)19-6-2-4-8-21(19)37-25/h1,3,5,7,9-12,15,36H,2,4,6,8,13-14H2. The number of fused-ring (bicyclic) bond motifs is 4. The number of halogens is 1. The second-order valence-corrected chi connectivity index (χ2v) is 10.1. The van der Waals surface area contributed by atoms with Gasteiger partial charge in [0, 0.05) is 10.3 Å². The van der Waals surface area contributed by atoms with Gasteiger partial charge in [0.1, 0.15) is 17.2 Å². The first-order chi connectivity index (χ1) is 18.0. The fourth-order valence-corrected chi connectivity index (χ4v) is 6.10. The van der Waals surface area contributed by atoms with Crippen molar-refractivity contribution in [2.45, 2.75) is 38.8 Å². The van der Waals surface area contributed by atoms with E-state index in [1.807, 2.05) is 12.1 Å². The molecule has 0 fully saturated rings. The normalized spacial score (nSPS) is 13.5.